The number of anilines is 2. The van der Waals surface area contributed by atoms with E-state index < -0.39 is 0 Å². The smallest absolute Gasteiger partial charge is 0.307 e. The molecule has 0 saturated carbocycles. The zero-order valence-electron chi connectivity index (χ0n) is 13.8. The van der Waals surface area contributed by atoms with Crippen molar-refractivity contribution in [1.82, 2.24) is 5.32 Å². The molecule has 6 heteroatoms. The number of hydrogen-bond acceptors (Lipinski definition) is 5. The summed E-state index contributed by atoms with van der Waals surface area (Å²) in [5, 5.41) is 5.84. The van der Waals surface area contributed by atoms with Crippen LogP contribution in [0.3, 0.4) is 0 Å². The van der Waals surface area contributed by atoms with Gasteiger partial charge in [0.05, 0.1) is 24.9 Å². The second-order valence-corrected chi connectivity index (χ2v) is 6.22. The van der Waals surface area contributed by atoms with Crippen molar-refractivity contribution in [2.45, 2.75) is 33.2 Å². The van der Waals surface area contributed by atoms with Gasteiger partial charge in [0, 0.05) is 18.7 Å². The van der Waals surface area contributed by atoms with Crippen LogP contribution in [-0.2, 0) is 9.53 Å². The first-order chi connectivity index (χ1) is 10.2. The maximum absolute atomic E-state index is 11.7. The van der Waals surface area contributed by atoms with Gasteiger partial charge in [-0.05, 0) is 23.6 Å². The summed E-state index contributed by atoms with van der Waals surface area (Å²) in [5.41, 5.74) is 7.44. The monoisotopic (exact) mass is 307 g/mol. The van der Waals surface area contributed by atoms with E-state index in [1.54, 1.807) is 25.2 Å². The largest absolute Gasteiger partial charge is 0.469 e. The SMILES string of the molecule is CNC(=O)c1ccc(N)c(N[C@@H](CC(=O)OC)C(C)(C)C)c1. The second-order valence-electron chi connectivity index (χ2n) is 6.22. The van der Waals surface area contributed by atoms with Gasteiger partial charge in [0.2, 0.25) is 0 Å². The normalized spacial score (nSPS) is 12.4. The van der Waals surface area contributed by atoms with Gasteiger partial charge in [-0.3, -0.25) is 9.59 Å². The zero-order chi connectivity index (χ0) is 16.9. The lowest BCUT2D eigenvalue weighted by molar-refractivity contribution is -0.141. The van der Waals surface area contributed by atoms with Gasteiger partial charge >= 0.3 is 5.97 Å². The highest BCUT2D eigenvalue weighted by molar-refractivity contribution is 5.96. The Morgan fingerprint density at radius 3 is 2.45 bits per heavy atom. The van der Waals surface area contributed by atoms with E-state index in [1.807, 2.05) is 20.8 Å². The standard InChI is InChI=1S/C16H25N3O3/c1-16(2,3)13(9-14(20)22-5)19-12-8-10(15(21)18-4)6-7-11(12)17/h6-8,13,19H,9,17H2,1-5H3,(H,18,21)/t13-/m0/s1. The van der Waals surface area contributed by atoms with Crippen LogP contribution >= 0.6 is 0 Å². The van der Waals surface area contributed by atoms with Crippen LogP contribution in [-0.4, -0.2) is 32.1 Å². The van der Waals surface area contributed by atoms with Crippen molar-refractivity contribution in [3.8, 4) is 0 Å². The molecule has 0 aliphatic carbocycles. The number of rotatable bonds is 5. The number of carbonyl (C=O) groups is 2. The fraction of sp³-hybridized carbons (Fsp3) is 0.500. The highest BCUT2D eigenvalue weighted by Gasteiger charge is 2.28. The van der Waals surface area contributed by atoms with Crippen LogP contribution in [0.1, 0.15) is 37.6 Å². The maximum atomic E-state index is 11.7. The molecule has 0 aliphatic rings. The second kappa shape index (κ2) is 7.15. The van der Waals surface area contributed by atoms with Crippen LogP contribution in [0.15, 0.2) is 18.2 Å². The molecule has 0 aliphatic heterocycles. The Hall–Kier alpha value is -2.24. The molecule has 1 aromatic rings. The number of nitrogen functional groups attached to an aromatic ring is 1. The summed E-state index contributed by atoms with van der Waals surface area (Å²) in [6.45, 7) is 6.06. The van der Waals surface area contributed by atoms with Gasteiger partial charge in [-0.15, -0.1) is 0 Å². The summed E-state index contributed by atoms with van der Waals surface area (Å²) < 4.78 is 4.75. The van der Waals surface area contributed by atoms with Gasteiger partial charge in [-0.1, -0.05) is 20.8 Å². The average molecular weight is 307 g/mol. The fourth-order valence-electron chi connectivity index (χ4n) is 1.98. The Labute approximate surface area is 131 Å². The summed E-state index contributed by atoms with van der Waals surface area (Å²) in [5.74, 6) is -0.489. The summed E-state index contributed by atoms with van der Waals surface area (Å²) in [4.78, 5) is 23.3. The number of amides is 1. The molecule has 0 radical (unpaired) electrons. The van der Waals surface area contributed by atoms with Crippen LogP contribution in [0, 0.1) is 5.41 Å². The molecule has 4 N–H and O–H groups in total. The number of nitrogens with two attached hydrogens (primary N) is 1. The van der Waals surface area contributed by atoms with Gasteiger partial charge in [0.15, 0.2) is 0 Å². The van der Waals surface area contributed by atoms with Crippen molar-refractivity contribution in [2.75, 3.05) is 25.2 Å². The van der Waals surface area contributed by atoms with Gasteiger partial charge in [0.25, 0.3) is 5.91 Å². The Morgan fingerprint density at radius 2 is 1.95 bits per heavy atom. The minimum Gasteiger partial charge on any atom is -0.469 e. The molecule has 1 atom stereocenters. The van der Waals surface area contributed by atoms with Crippen molar-refractivity contribution in [1.29, 1.82) is 0 Å². The molecule has 0 heterocycles. The molecule has 0 bridgehead atoms. The lowest BCUT2D eigenvalue weighted by atomic mass is 9.84. The zero-order valence-corrected chi connectivity index (χ0v) is 13.8. The van der Waals surface area contributed by atoms with E-state index in [0.29, 0.717) is 16.9 Å². The number of methoxy groups -OCH3 is 1. The molecule has 22 heavy (non-hydrogen) atoms. The van der Waals surface area contributed by atoms with Gasteiger partial charge in [-0.25, -0.2) is 0 Å². The highest BCUT2D eigenvalue weighted by atomic mass is 16.5. The molecule has 0 fully saturated rings. The van der Waals surface area contributed by atoms with Gasteiger partial charge < -0.3 is 21.1 Å². The van der Waals surface area contributed by atoms with E-state index in [4.69, 9.17) is 10.5 Å². The van der Waals surface area contributed by atoms with Crippen molar-refractivity contribution in [3.63, 3.8) is 0 Å². The third kappa shape index (κ3) is 4.65. The van der Waals surface area contributed by atoms with E-state index in [1.165, 1.54) is 7.11 Å². The first kappa shape index (κ1) is 17.8. The van der Waals surface area contributed by atoms with Crippen molar-refractivity contribution in [3.05, 3.63) is 23.8 Å². The van der Waals surface area contributed by atoms with Crippen molar-refractivity contribution in [2.24, 2.45) is 5.41 Å². The average Bonchev–Trinajstić information content (AvgIpc) is 2.46. The van der Waals surface area contributed by atoms with E-state index in [0.717, 1.165) is 0 Å². The molecule has 1 aromatic carbocycles. The van der Waals surface area contributed by atoms with E-state index in [9.17, 15) is 9.59 Å². The predicted octanol–water partition coefficient (Wildman–Crippen LogP) is 2.02. The van der Waals surface area contributed by atoms with Crippen LogP contribution in [0.25, 0.3) is 0 Å². The third-order valence-corrected chi connectivity index (χ3v) is 3.52. The highest BCUT2D eigenvalue weighted by Crippen LogP contribution is 2.29. The minimum atomic E-state index is -0.298. The number of carbonyl (C=O) groups excluding carboxylic acids is 2. The van der Waals surface area contributed by atoms with Crippen molar-refractivity contribution < 1.29 is 14.3 Å². The molecular formula is C16H25N3O3. The quantitative estimate of drug-likeness (QED) is 0.571. The lowest BCUT2D eigenvalue weighted by Crippen LogP contribution is -2.36. The fourth-order valence-corrected chi connectivity index (χ4v) is 1.98. The Bertz CT molecular complexity index is 550. The summed E-state index contributed by atoms with van der Waals surface area (Å²) in [6.07, 6.45) is 0.212. The Balaban J connectivity index is 3.07. The van der Waals surface area contributed by atoms with Crippen LogP contribution in [0.5, 0.6) is 0 Å². The predicted molar refractivity (Wildman–Crippen MR) is 87.7 cm³/mol. The summed E-state index contributed by atoms with van der Waals surface area (Å²) >= 11 is 0. The molecule has 1 amide bonds. The maximum Gasteiger partial charge on any atom is 0.307 e. The van der Waals surface area contributed by atoms with Crippen LogP contribution in [0.2, 0.25) is 0 Å². The Morgan fingerprint density at radius 1 is 1.32 bits per heavy atom. The molecule has 1 rings (SSSR count). The molecule has 0 unspecified atom stereocenters. The third-order valence-electron chi connectivity index (χ3n) is 3.52. The van der Waals surface area contributed by atoms with Crippen LogP contribution in [0.4, 0.5) is 11.4 Å². The molecule has 0 saturated heterocycles. The van der Waals surface area contributed by atoms with Crippen LogP contribution < -0.4 is 16.4 Å². The van der Waals surface area contributed by atoms with Crippen molar-refractivity contribution >= 4 is 23.3 Å². The topological polar surface area (TPSA) is 93.5 Å². The molecule has 0 spiro atoms. The molecule has 122 valence electrons. The van der Waals surface area contributed by atoms with Gasteiger partial charge in [0.1, 0.15) is 0 Å². The van der Waals surface area contributed by atoms with E-state index in [2.05, 4.69) is 10.6 Å². The number of nitrogens with one attached hydrogen (secondary N) is 2. The number of hydrogen-bond donors (Lipinski definition) is 3. The van der Waals surface area contributed by atoms with E-state index >= 15 is 0 Å². The molecule has 0 aromatic heterocycles. The molecular weight excluding hydrogens is 282 g/mol. The molecule has 6 nitrogen and oxygen atoms in total. The number of ether oxygens (including phenoxy) is 1. The first-order valence-corrected chi connectivity index (χ1v) is 7.14. The lowest BCUT2D eigenvalue weighted by Gasteiger charge is -2.32. The summed E-state index contributed by atoms with van der Waals surface area (Å²) in [7, 11) is 2.93. The Kier molecular flexibility index (Phi) is 5.79. The number of benzene rings is 1. The van der Waals surface area contributed by atoms with Gasteiger partial charge in [-0.2, -0.15) is 0 Å². The summed E-state index contributed by atoms with van der Waals surface area (Å²) in [6, 6.07) is 4.84. The first-order valence-electron chi connectivity index (χ1n) is 7.14. The van der Waals surface area contributed by atoms with E-state index in [-0.39, 0.29) is 29.8 Å². The minimum absolute atomic E-state index is 0.179. The number of esters is 1.